The van der Waals surface area contributed by atoms with Gasteiger partial charge in [0.2, 0.25) is 10.0 Å². The van der Waals surface area contributed by atoms with Crippen LogP contribution in [0.25, 0.3) is 0 Å². The number of carbonyl (C=O) groups is 1. The quantitative estimate of drug-likeness (QED) is 0.701. The zero-order valence-electron chi connectivity index (χ0n) is 14.2. The van der Waals surface area contributed by atoms with Crippen molar-refractivity contribution in [1.82, 2.24) is 4.31 Å². The third-order valence-corrected chi connectivity index (χ3v) is 5.83. The molecule has 1 aromatic carbocycles. The molecular weight excluding hydrogens is 396 g/mol. The molecule has 0 saturated carbocycles. The lowest BCUT2D eigenvalue weighted by atomic mass is 10.2. The van der Waals surface area contributed by atoms with Crippen LogP contribution in [0.15, 0.2) is 28.7 Å². The van der Waals surface area contributed by atoms with E-state index in [0.29, 0.717) is 26.2 Å². The Kier molecular flexibility index (Phi) is 5.93. The van der Waals surface area contributed by atoms with E-state index in [1.807, 2.05) is 24.3 Å². The summed E-state index contributed by atoms with van der Waals surface area (Å²) in [5, 5.41) is 0. The summed E-state index contributed by atoms with van der Waals surface area (Å²) in [6, 6.07) is 7.91. The number of ether oxygens (including phenoxy) is 1. The van der Waals surface area contributed by atoms with Crippen molar-refractivity contribution in [3.05, 3.63) is 28.7 Å². The summed E-state index contributed by atoms with van der Waals surface area (Å²) in [6.07, 6.45) is 0. The van der Waals surface area contributed by atoms with Gasteiger partial charge in [0.1, 0.15) is 5.60 Å². The minimum absolute atomic E-state index is 0.362. The first-order valence-corrected chi connectivity index (χ1v) is 10.2. The Labute approximate surface area is 151 Å². The average molecular weight is 419 g/mol. The summed E-state index contributed by atoms with van der Waals surface area (Å²) in [4.78, 5) is 13.9. The summed E-state index contributed by atoms with van der Waals surface area (Å²) in [5.41, 5.74) is 0.370. The first kappa shape index (κ1) is 19.2. The Bertz CT molecular complexity index is 675. The van der Waals surface area contributed by atoms with Gasteiger partial charge in [-0.05, 0) is 45.0 Å². The number of anilines is 1. The molecule has 8 heteroatoms. The van der Waals surface area contributed by atoms with E-state index < -0.39 is 27.3 Å². The van der Waals surface area contributed by atoms with E-state index in [1.54, 1.807) is 20.8 Å². The van der Waals surface area contributed by atoms with Crippen LogP contribution in [0.3, 0.4) is 0 Å². The maximum atomic E-state index is 12.4. The number of rotatable bonds is 4. The second-order valence-electron chi connectivity index (χ2n) is 6.71. The first-order chi connectivity index (χ1) is 11.1. The Morgan fingerprint density at radius 1 is 1.12 bits per heavy atom. The number of sulfonamides is 1. The van der Waals surface area contributed by atoms with Gasteiger partial charge in [0.05, 0.1) is 0 Å². The highest BCUT2D eigenvalue weighted by Gasteiger charge is 2.31. The molecule has 2 rings (SSSR count). The number of piperazine rings is 1. The standard InChI is InChI=1S/C16H23BrN2O4S/c1-16(2,3)23-15(20)12-24(21,22)19-10-8-18(9-11-19)14-6-4-13(17)5-7-14/h4-7H,8-12H2,1-3H3. The van der Waals surface area contributed by atoms with Crippen LogP contribution in [0.5, 0.6) is 0 Å². The highest BCUT2D eigenvalue weighted by atomic mass is 79.9. The molecule has 0 radical (unpaired) electrons. The number of carbonyl (C=O) groups excluding carboxylic acids is 1. The van der Waals surface area contributed by atoms with Gasteiger partial charge in [0, 0.05) is 36.3 Å². The molecule has 0 unspecified atom stereocenters. The van der Waals surface area contributed by atoms with Gasteiger partial charge in [0.15, 0.2) is 5.75 Å². The first-order valence-electron chi connectivity index (χ1n) is 7.77. The van der Waals surface area contributed by atoms with Crippen LogP contribution in [-0.4, -0.2) is 56.2 Å². The number of esters is 1. The average Bonchev–Trinajstić information content (AvgIpc) is 2.45. The number of benzene rings is 1. The Morgan fingerprint density at radius 2 is 1.67 bits per heavy atom. The van der Waals surface area contributed by atoms with Crippen LogP contribution in [0.2, 0.25) is 0 Å². The molecule has 1 aliphatic rings. The van der Waals surface area contributed by atoms with Gasteiger partial charge < -0.3 is 9.64 Å². The molecule has 1 aromatic rings. The third kappa shape index (κ3) is 5.46. The summed E-state index contributed by atoms with van der Waals surface area (Å²) in [6.45, 7) is 7.06. The van der Waals surface area contributed by atoms with E-state index in [1.165, 1.54) is 4.31 Å². The van der Waals surface area contributed by atoms with Crippen LogP contribution >= 0.6 is 15.9 Å². The largest absolute Gasteiger partial charge is 0.459 e. The Hall–Kier alpha value is -1.12. The van der Waals surface area contributed by atoms with E-state index in [2.05, 4.69) is 20.8 Å². The summed E-state index contributed by atoms with van der Waals surface area (Å²) < 4.78 is 32.2. The molecule has 1 fully saturated rings. The molecule has 0 aliphatic carbocycles. The Morgan fingerprint density at radius 3 is 2.17 bits per heavy atom. The lowest BCUT2D eigenvalue weighted by molar-refractivity contribution is -0.151. The smallest absolute Gasteiger partial charge is 0.323 e. The van der Waals surface area contributed by atoms with E-state index in [-0.39, 0.29) is 0 Å². The van der Waals surface area contributed by atoms with Crippen LogP contribution < -0.4 is 4.90 Å². The van der Waals surface area contributed by atoms with Crippen LogP contribution in [0.1, 0.15) is 20.8 Å². The van der Waals surface area contributed by atoms with Crippen molar-refractivity contribution < 1.29 is 17.9 Å². The van der Waals surface area contributed by atoms with Gasteiger partial charge in [-0.3, -0.25) is 4.79 Å². The van der Waals surface area contributed by atoms with Crippen molar-refractivity contribution in [3.63, 3.8) is 0 Å². The van der Waals surface area contributed by atoms with Crippen molar-refractivity contribution in [2.24, 2.45) is 0 Å². The molecule has 0 bridgehead atoms. The topological polar surface area (TPSA) is 66.9 Å². The number of hydrogen-bond acceptors (Lipinski definition) is 5. The second-order valence-corrected chi connectivity index (χ2v) is 9.59. The minimum atomic E-state index is -3.64. The van der Waals surface area contributed by atoms with E-state index in [4.69, 9.17) is 4.74 Å². The second kappa shape index (κ2) is 7.41. The van der Waals surface area contributed by atoms with Crippen LogP contribution in [0, 0.1) is 0 Å². The lowest BCUT2D eigenvalue weighted by Gasteiger charge is -2.35. The fraction of sp³-hybridized carbons (Fsp3) is 0.562. The van der Waals surface area contributed by atoms with E-state index >= 15 is 0 Å². The maximum Gasteiger partial charge on any atom is 0.323 e. The van der Waals surface area contributed by atoms with Gasteiger partial charge in [-0.25, -0.2) is 8.42 Å². The fourth-order valence-electron chi connectivity index (χ4n) is 2.49. The van der Waals surface area contributed by atoms with Crippen molar-refractivity contribution in [2.75, 3.05) is 36.8 Å². The van der Waals surface area contributed by atoms with E-state index in [9.17, 15) is 13.2 Å². The zero-order chi connectivity index (χ0) is 18.0. The van der Waals surface area contributed by atoms with Gasteiger partial charge >= 0.3 is 5.97 Å². The maximum absolute atomic E-state index is 12.4. The molecular formula is C16H23BrN2O4S. The van der Waals surface area contributed by atoms with Gasteiger partial charge in [0.25, 0.3) is 0 Å². The fourth-order valence-corrected chi connectivity index (χ4v) is 4.01. The molecule has 0 aromatic heterocycles. The SMILES string of the molecule is CC(C)(C)OC(=O)CS(=O)(=O)N1CCN(c2ccc(Br)cc2)CC1. The van der Waals surface area contributed by atoms with Crippen molar-refractivity contribution in [1.29, 1.82) is 0 Å². The minimum Gasteiger partial charge on any atom is -0.459 e. The number of nitrogens with zero attached hydrogens (tertiary/aromatic N) is 2. The van der Waals surface area contributed by atoms with Gasteiger partial charge in [-0.15, -0.1) is 0 Å². The molecule has 6 nitrogen and oxygen atoms in total. The Balaban J connectivity index is 1.93. The van der Waals surface area contributed by atoms with Crippen LogP contribution in [0.4, 0.5) is 5.69 Å². The molecule has 134 valence electrons. The lowest BCUT2D eigenvalue weighted by Crippen LogP contribution is -2.50. The highest BCUT2D eigenvalue weighted by Crippen LogP contribution is 2.20. The molecule has 0 spiro atoms. The molecule has 24 heavy (non-hydrogen) atoms. The summed E-state index contributed by atoms with van der Waals surface area (Å²) >= 11 is 3.40. The summed E-state index contributed by atoms with van der Waals surface area (Å²) in [7, 11) is -3.64. The summed E-state index contributed by atoms with van der Waals surface area (Å²) in [5.74, 6) is -1.32. The van der Waals surface area contributed by atoms with Crippen LogP contribution in [-0.2, 0) is 19.6 Å². The molecule has 1 aliphatic heterocycles. The zero-order valence-corrected chi connectivity index (χ0v) is 16.6. The third-order valence-electron chi connectivity index (χ3n) is 3.54. The highest BCUT2D eigenvalue weighted by molar-refractivity contribution is 9.10. The molecule has 0 N–H and O–H groups in total. The van der Waals surface area contributed by atoms with Crippen molar-refractivity contribution in [2.45, 2.75) is 26.4 Å². The monoisotopic (exact) mass is 418 g/mol. The molecule has 0 atom stereocenters. The molecule has 1 heterocycles. The number of halogens is 1. The predicted octanol–water partition coefficient (Wildman–Crippen LogP) is 2.24. The van der Waals surface area contributed by atoms with Gasteiger partial charge in [-0.1, -0.05) is 15.9 Å². The molecule has 1 saturated heterocycles. The van der Waals surface area contributed by atoms with Gasteiger partial charge in [-0.2, -0.15) is 4.31 Å². The normalized spacial score (nSPS) is 16.9. The molecule has 0 amide bonds. The van der Waals surface area contributed by atoms with Crippen molar-refractivity contribution in [3.8, 4) is 0 Å². The number of hydrogen-bond donors (Lipinski definition) is 0. The predicted molar refractivity (Wildman–Crippen MR) is 97.6 cm³/mol. The van der Waals surface area contributed by atoms with E-state index in [0.717, 1.165) is 10.2 Å². The van der Waals surface area contributed by atoms with Crippen molar-refractivity contribution >= 4 is 37.6 Å².